The monoisotopic (exact) mass is 566 g/mol. The highest BCUT2D eigenvalue weighted by Crippen LogP contribution is 2.31. The standard InChI is InChI=1S/C27H32F2N2O5S2/c1-8-21(28)12-23(29)15(2)20-9-10-26(34)22(11-20)27(35)38-14-25(31-19(6)33)17(4)37-13-24(16(3)36-7)30-18(5)32/h8-12,24-25,34H,2-4,13-14H2,1,5-7H3,(H,30,32)(H,31,33). The maximum Gasteiger partial charge on any atom is 0.223 e. The molecule has 0 bridgehead atoms. The molecule has 38 heavy (non-hydrogen) atoms. The van der Waals surface area contributed by atoms with E-state index in [4.69, 9.17) is 4.74 Å². The molecule has 0 aliphatic carbocycles. The highest BCUT2D eigenvalue weighted by molar-refractivity contribution is 8.14. The van der Waals surface area contributed by atoms with E-state index in [1.807, 2.05) is 0 Å². The second-order valence-corrected chi connectivity index (χ2v) is 10.1. The van der Waals surface area contributed by atoms with E-state index in [1.165, 1.54) is 57.8 Å². The van der Waals surface area contributed by atoms with Gasteiger partial charge in [-0.25, -0.2) is 8.78 Å². The maximum atomic E-state index is 14.3. The lowest BCUT2D eigenvalue weighted by molar-refractivity contribution is -0.120. The third-order valence-electron chi connectivity index (χ3n) is 5.00. The van der Waals surface area contributed by atoms with Crippen LogP contribution in [-0.4, -0.2) is 52.7 Å². The largest absolute Gasteiger partial charge is 0.507 e. The first-order chi connectivity index (χ1) is 17.8. The molecule has 206 valence electrons. The molecule has 0 aliphatic rings. The second kappa shape index (κ2) is 15.8. The highest BCUT2D eigenvalue weighted by Gasteiger charge is 2.22. The van der Waals surface area contributed by atoms with Crippen LogP contribution in [0.25, 0.3) is 5.57 Å². The molecule has 2 amide bonds. The van der Waals surface area contributed by atoms with Crippen LogP contribution in [0, 0.1) is 0 Å². The lowest BCUT2D eigenvalue weighted by Gasteiger charge is -2.23. The van der Waals surface area contributed by atoms with Gasteiger partial charge in [-0.3, -0.25) is 14.4 Å². The Bertz CT molecular complexity index is 1160. The average Bonchev–Trinajstić information content (AvgIpc) is 2.87. The number of ether oxygens (including phenoxy) is 1. The van der Waals surface area contributed by atoms with Gasteiger partial charge >= 0.3 is 0 Å². The fraction of sp³-hybridized carbons (Fsp3) is 0.296. The Morgan fingerprint density at radius 2 is 1.63 bits per heavy atom. The van der Waals surface area contributed by atoms with E-state index >= 15 is 0 Å². The molecule has 1 rings (SSSR count). The number of nitrogens with one attached hydrogen (secondary N) is 2. The Morgan fingerprint density at radius 3 is 2.18 bits per heavy atom. The summed E-state index contributed by atoms with van der Waals surface area (Å²) in [5.41, 5.74) is -0.0756. The van der Waals surface area contributed by atoms with Crippen LogP contribution in [-0.2, 0) is 14.3 Å². The number of aromatic hydroxyl groups is 1. The first-order valence-electron chi connectivity index (χ1n) is 11.3. The van der Waals surface area contributed by atoms with Gasteiger partial charge in [-0.1, -0.05) is 43.6 Å². The Kier molecular flexibility index (Phi) is 13.6. The number of amides is 2. The Hall–Kier alpha value is -3.31. The number of allylic oxidation sites excluding steroid dienone is 5. The molecule has 0 aromatic heterocycles. The van der Waals surface area contributed by atoms with Gasteiger partial charge in [0.2, 0.25) is 16.9 Å². The number of halogens is 2. The number of carbonyl (C=O) groups is 3. The van der Waals surface area contributed by atoms with Crippen LogP contribution in [0.2, 0.25) is 0 Å². The molecule has 0 aliphatic heterocycles. The molecule has 2 unspecified atom stereocenters. The Labute approximate surface area is 230 Å². The number of phenolic OH excluding ortho intramolecular Hbond substituents is 1. The van der Waals surface area contributed by atoms with E-state index in [0.29, 0.717) is 22.5 Å². The highest BCUT2D eigenvalue weighted by atomic mass is 32.2. The van der Waals surface area contributed by atoms with E-state index in [1.54, 1.807) is 0 Å². The molecular weight excluding hydrogens is 534 g/mol. The fourth-order valence-corrected chi connectivity index (χ4v) is 4.93. The summed E-state index contributed by atoms with van der Waals surface area (Å²) in [6.45, 7) is 15.5. The van der Waals surface area contributed by atoms with Gasteiger partial charge in [0, 0.05) is 41.9 Å². The summed E-state index contributed by atoms with van der Waals surface area (Å²) in [5.74, 6) is -1.92. The van der Waals surface area contributed by atoms with Crippen molar-refractivity contribution in [3.63, 3.8) is 0 Å². The van der Waals surface area contributed by atoms with Gasteiger partial charge < -0.3 is 20.5 Å². The minimum absolute atomic E-state index is 0.0751. The number of hydrogen-bond donors (Lipinski definition) is 3. The molecule has 1 aromatic rings. The lowest BCUT2D eigenvalue weighted by Crippen LogP contribution is -2.39. The fourth-order valence-electron chi connectivity index (χ4n) is 2.91. The van der Waals surface area contributed by atoms with Gasteiger partial charge in [-0.05, 0) is 24.6 Å². The third-order valence-corrected chi connectivity index (χ3v) is 7.14. The Morgan fingerprint density at radius 1 is 1.05 bits per heavy atom. The van der Waals surface area contributed by atoms with Crippen LogP contribution in [0.5, 0.6) is 5.75 Å². The molecule has 2 atom stereocenters. The van der Waals surface area contributed by atoms with Gasteiger partial charge in [0.1, 0.15) is 23.2 Å². The van der Waals surface area contributed by atoms with Crippen molar-refractivity contribution in [3.05, 3.63) is 83.5 Å². The first kappa shape index (κ1) is 32.7. The lowest BCUT2D eigenvalue weighted by atomic mass is 10.0. The maximum absolute atomic E-state index is 14.3. The van der Waals surface area contributed by atoms with Gasteiger partial charge in [-0.15, -0.1) is 11.8 Å². The number of methoxy groups -OCH3 is 1. The van der Waals surface area contributed by atoms with Crippen LogP contribution in [0.3, 0.4) is 0 Å². The van der Waals surface area contributed by atoms with Crippen molar-refractivity contribution >= 4 is 46.0 Å². The molecule has 11 heteroatoms. The predicted molar refractivity (Wildman–Crippen MR) is 151 cm³/mol. The number of benzene rings is 1. The SMILES string of the molecule is C=C(C(F)=CC(F)=CC)c1ccc(O)c(C(=O)SCC(NC(C)=O)C(=C)SCC(NC(C)=O)C(=C)OC)c1. The normalized spacial score (nSPS) is 13.2. The molecular formula is C27H32F2N2O5S2. The van der Waals surface area contributed by atoms with Crippen molar-refractivity contribution in [2.75, 3.05) is 18.6 Å². The van der Waals surface area contributed by atoms with Crippen LogP contribution >= 0.6 is 23.5 Å². The number of thioether (sulfide) groups is 2. The summed E-state index contributed by atoms with van der Waals surface area (Å²) >= 11 is 2.07. The van der Waals surface area contributed by atoms with Crippen molar-refractivity contribution in [1.82, 2.24) is 10.6 Å². The number of rotatable bonds is 14. The van der Waals surface area contributed by atoms with E-state index in [2.05, 4.69) is 30.4 Å². The summed E-state index contributed by atoms with van der Waals surface area (Å²) in [6, 6.07) is 2.70. The molecule has 1 aromatic carbocycles. The Balaban J connectivity index is 3.01. The van der Waals surface area contributed by atoms with E-state index < -0.39 is 28.9 Å². The number of phenols is 1. The molecule has 0 spiro atoms. The zero-order valence-corrected chi connectivity index (χ0v) is 23.4. The smallest absolute Gasteiger partial charge is 0.223 e. The minimum Gasteiger partial charge on any atom is -0.507 e. The molecule has 0 fully saturated rings. The molecule has 0 radical (unpaired) electrons. The first-order valence-corrected chi connectivity index (χ1v) is 13.2. The van der Waals surface area contributed by atoms with E-state index in [0.717, 1.165) is 17.8 Å². The van der Waals surface area contributed by atoms with Gasteiger partial charge in [0.05, 0.1) is 24.8 Å². The zero-order valence-electron chi connectivity index (χ0n) is 21.7. The second-order valence-electron chi connectivity index (χ2n) is 7.93. The summed E-state index contributed by atoms with van der Waals surface area (Å²) in [4.78, 5) is 36.7. The van der Waals surface area contributed by atoms with Crippen LogP contribution in [0.15, 0.2) is 72.4 Å². The topological polar surface area (TPSA) is 105 Å². The zero-order chi connectivity index (χ0) is 29.0. The van der Waals surface area contributed by atoms with Gasteiger partial charge in [-0.2, -0.15) is 0 Å². The average molecular weight is 567 g/mol. The summed E-state index contributed by atoms with van der Waals surface area (Å²) in [7, 11) is 1.43. The van der Waals surface area contributed by atoms with Crippen molar-refractivity contribution in [2.45, 2.75) is 32.9 Å². The van der Waals surface area contributed by atoms with Crippen molar-refractivity contribution in [3.8, 4) is 5.75 Å². The van der Waals surface area contributed by atoms with E-state index in [9.17, 15) is 28.3 Å². The molecule has 7 nitrogen and oxygen atoms in total. The molecule has 0 saturated carbocycles. The minimum atomic E-state index is -0.926. The van der Waals surface area contributed by atoms with Crippen molar-refractivity contribution < 1.29 is 33.0 Å². The quantitative estimate of drug-likeness (QED) is 0.204. The summed E-state index contributed by atoms with van der Waals surface area (Å²) in [6.07, 6.45) is 1.76. The number of hydrogen-bond acceptors (Lipinski definition) is 7. The molecule has 0 heterocycles. The molecule has 0 saturated heterocycles. The van der Waals surface area contributed by atoms with Gasteiger partial charge in [0.15, 0.2) is 0 Å². The molecule has 3 N–H and O–H groups in total. The van der Waals surface area contributed by atoms with Crippen molar-refractivity contribution in [1.29, 1.82) is 0 Å². The summed E-state index contributed by atoms with van der Waals surface area (Å²) in [5, 5.41) is 15.1. The van der Waals surface area contributed by atoms with Crippen molar-refractivity contribution in [2.24, 2.45) is 0 Å². The number of carbonyl (C=O) groups excluding carboxylic acids is 3. The van der Waals surface area contributed by atoms with Crippen LogP contribution in [0.1, 0.15) is 36.7 Å². The van der Waals surface area contributed by atoms with Gasteiger partial charge in [0.25, 0.3) is 0 Å². The van der Waals surface area contributed by atoms with E-state index in [-0.39, 0.29) is 40.0 Å². The van der Waals surface area contributed by atoms with Crippen LogP contribution < -0.4 is 10.6 Å². The summed E-state index contributed by atoms with van der Waals surface area (Å²) < 4.78 is 32.9. The predicted octanol–water partition coefficient (Wildman–Crippen LogP) is 5.42. The third kappa shape index (κ3) is 10.6. The van der Waals surface area contributed by atoms with Crippen LogP contribution in [0.4, 0.5) is 8.78 Å².